The summed E-state index contributed by atoms with van der Waals surface area (Å²) in [6.45, 7) is 1.80. The number of carbonyl (C=O) groups excluding carboxylic acids is 1. The summed E-state index contributed by atoms with van der Waals surface area (Å²) in [5.41, 5.74) is 1.04. The van der Waals surface area contributed by atoms with Crippen molar-refractivity contribution >= 4 is 11.6 Å². The van der Waals surface area contributed by atoms with Crippen molar-refractivity contribution in [3.63, 3.8) is 0 Å². The number of carbonyl (C=O) groups is 1. The molecule has 2 aromatic rings. The largest absolute Gasteiger partial charge is 0.506 e. The van der Waals surface area contributed by atoms with E-state index in [1.165, 1.54) is 12.1 Å². The van der Waals surface area contributed by atoms with Crippen LogP contribution < -0.4 is 5.32 Å². The number of halogens is 2. The second-order valence-electron chi connectivity index (χ2n) is 4.10. The highest BCUT2D eigenvalue weighted by atomic mass is 19.2. The molecule has 0 heterocycles. The number of rotatable bonds is 2. The third-order valence-electron chi connectivity index (χ3n) is 2.58. The molecule has 0 saturated carbocycles. The van der Waals surface area contributed by atoms with Crippen LogP contribution in [0.5, 0.6) is 5.75 Å². The van der Waals surface area contributed by atoms with Crippen LogP contribution in [0.4, 0.5) is 14.5 Å². The average Bonchev–Trinajstić information content (AvgIpc) is 2.37. The van der Waals surface area contributed by atoms with Gasteiger partial charge in [-0.1, -0.05) is 6.07 Å². The molecule has 5 heteroatoms. The Kier molecular flexibility index (Phi) is 3.46. The highest BCUT2D eigenvalue weighted by molar-refractivity contribution is 6.05. The first-order valence-corrected chi connectivity index (χ1v) is 5.53. The second kappa shape index (κ2) is 5.06. The predicted octanol–water partition coefficient (Wildman–Crippen LogP) is 3.23. The standard InChI is InChI=1S/C14H11F2NO2/c1-8-2-5-13(18)12(6-8)17-14(19)9-3-4-10(15)11(16)7-9/h2-7,18H,1H3,(H,17,19). The van der Waals surface area contributed by atoms with E-state index < -0.39 is 17.5 Å². The van der Waals surface area contributed by atoms with E-state index in [-0.39, 0.29) is 17.0 Å². The fourth-order valence-corrected chi connectivity index (χ4v) is 1.58. The fourth-order valence-electron chi connectivity index (χ4n) is 1.58. The Labute approximate surface area is 108 Å². The van der Waals surface area contributed by atoms with E-state index in [1.807, 2.05) is 0 Å². The minimum Gasteiger partial charge on any atom is -0.506 e. The van der Waals surface area contributed by atoms with Crippen molar-refractivity contribution in [1.82, 2.24) is 0 Å². The summed E-state index contributed by atoms with van der Waals surface area (Å²) >= 11 is 0. The predicted molar refractivity (Wildman–Crippen MR) is 67.2 cm³/mol. The van der Waals surface area contributed by atoms with Gasteiger partial charge in [-0.25, -0.2) is 8.78 Å². The molecule has 3 nitrogen and oxygen atoms in total. The summed E-state index contributed by atoms with van der Waals surface area (Å²) in [5, 5.41) is 12.0. The van der Waals surface area contributed by atoms with Crippen molar-refractivity contribution < 1.29 is 18.7 Å². The molecule has 2 aromatic carbocycles. The molecule has 0 aliphatic heterocycles. The van der Waals surface area contributed by atoms with Crippen LogP contribution >= 0.6 is 0 Å². The van der Waals surface area contributed by atoms with Crippen molar-refractivity contribution in [2.75, 3.05) is 5.32 Å². The molecule has 98 valence electrons. The third-order valence-corrected chi connectivity index (χ3v) is 2.58. The van der Waals surface area contributed by atoms with E-state index >= 15 is 0 Å². The molecule has 0 atom stereocenters. The number of aromatic hydroxyl groups is 1. The number of hydrogen-bond donors (Lipinski definition) is 2. The van der Waals surface area contributed by atoms with E-state index in [0.717, 1.165) is 17.7 Å². The smallest absolute Gasteiger partial charge is 0.255 e. The molecule has 19 heavy (non-hydrogen) atoms. The molecule has 0 unspecified atom stereocenters. The summed E-state index contributed by atoms with van der Waals surface area (Å²) < 4.78 is 25.8. The van der Waals surface area contributed by atoms with Gasteiger partial charge in [0.2, 0.25) is 0 Å². The molecule has 0 aliphatic carbocycles. The maximum Gasteiger partial charge on any atom is 0.255 e. The summed E-state index contributed by atoms with van der Waals surface area (Å²) in [7, 11) is 0. The lowest BCUT2D eigenvalue weighted by atomic mass is 10.1. The normalized spacial score (nSPS) is 10.3. The monoisotopic (exact) mass is 263 g/mol. The third kappa shape index (κ3) is 2.88. The van der Waals surface area contributed by atoms with Gasteiger partial charge in [-0.3, -0.25) is 4.79 Å². The van der Waals surface area contributed by atoms with Gasteiger partial charge in [0.25, 0.3) is 5.91 Å². The van der Waals surface area contributed by atoms with Crippen LogP contribution in [-0.4, -0.2) is 11.0 Å². The van der Waals surface area contributed by atoms with Crippen molar-refractivity contribution in [2.45, 2.75) is 6.92 Å². The van der Waals surface area contributed by atoms with Crippen LogP contribution in [0.25, 0.3) is 0 Å². The number of benzene rings is 2. The van der Waals surface area contributed by atoms with Crippen molar-refractivity contribution in [3.8, 4) is 5.75 Å². The average molecular weight is 263 g/mol. The Bertz CT molecular complexity index is 641. The van der Waals surface area contributed by atoms with Crippen LogP contribution in [0.2, 0.25) is 0 Å². The van der Waals surface area contributed by atoms with Gasteiger partial charge in [-0.15, -0.1) is 0 Å². The molecule has 0 bridgehead atoms. The first-order valence-electron chi connectivity index (χ1n) is 5.53. The molecule has 2 N–H and O–H groups in total. The van der Waals surface area contributed by atoms with Gasteiger partial charge in [-0.05, 0) is 42.8 Å². The molecule has 0 saturated heterocycles. The molecule has 0 aromatic heterocycles. The lowest BCUT2D eigenvalue weighted by Crippen LogP contribution is -2.12. The minimum atomic E-state index is -1.10. The summed E-state index contributed by atoms with van der Waals surface area (Å²) in [6.07, 6.45) is 0. The van der Waals surface area contributed by atoms with Gasteiger partial charge in [0.05, 0.1) is 5.69 Å². The molecule has 0 radical (unpaired) electrons. The zero-order valence-corrected chi connectivity index (χ0v) is 10.1. The van der Waals surface area contributed by atoms with Gasteiger partial charge in [-0.2, -0.15) is 0 Å². The molecular weight excluding hydrogens is 252 g/mol. The molecule has 1 amide bonds. The summed E-state index contributed by atoms with van der Waals surface area (Å²) in [5.74, 6) is -2.84. The maximum absolute atomic E-state index is 13.0. The Morgan fingerprint density at radius 1 is 1.11 bits per heavy atom. The van der Waals surface area contributed by atoms with Crippen LogP contribution in [0, 0.1) is 18.6 Å². The van der Waals surface area contributed by atoms with Crippen LogP contribution in [-0.2, 0) is 0 Å². The Morgan fingerprint density at radius 3 is 2.53 bits per heavy atom. The van der Waals surface area contributed by atoms with Gasteiger partial charge in [0.1, 0.15) is 5.75 Å². The van der Waals surface area contributed by atoms with Crippen LogP contribution in [0.3, 0.4) is 0 Å². The van der Waals surface area contributed by atoms with E-state index in [4.69, 9.17) is 0 Å². The lowest BCUT2D eigenvalue weighted by Gasteiger charge is -2.08. The zero-order chi connectivity index (χ0) is 14.0. The summed E-state index contributed by atoms with van der Waals surface area (Å²) in [6, 6.07) is 7.55. The highest BCUT2D eigenvalue weighted by Gasteiger charge is 2.11. The number of aryl methyl sites for hydroxylation is 1. The number of hydrogen-bond acceptors (Lipinski definition) is 2. The number of nitrogens with one attached hydrogen (secondary N) is 1. The zero-order valence-electron chi connectivity index (χ0n) is 10.1. The van der Waals surface area contributed by atoms with E-state index in [1.54, 1.807) is 19.1 Å². The van der Waals surface area contributed by atoms with Gasteiger partial charge in [0.15, 0.2) is 11.6 Å². The van der Waals surface area contributed by atoms with Crippen molar-refractivity contribution in [1.29, 1.82) is 0 Å². The first-order chi connectivity index (χ1) is 8.97. The van der Waals surface area contributed by atoms with Gasteiger partial charge >= 0.3 is 0 Å². The topological polar surface area (TPSA) is 49.3 Å². The maximum atomic E-state index is 13.0. The number of phenolic OH excluding ortho intramolecular Hbond substituents is 1. The van der Waals surface area contributed by atoms with Crippen molar-refractivity contribution in [3.05, 3.63) is 59.2 Å². The van der Waals surface area contributed by atoms with Crippen LogP contribution in [0.1, 0.15) is 15.9 Å². The van der Waals surface area contributed by atoms with E-state index in [2.05, 4.69) is 5.32 Å². The second-order valence-corrected chi connectivity index (χ2v) is 4.10. The number of phenols is 1. The number of anilines is 1. The van der Waals surface area contributed by atoms with E-state index in [9.17, 15) is 18.7 Å². The van der Waals surface area contributed by atoms with Crippen LogP contribution in [0.15, 0.2) is 36.4 Å². The Balaban J connectivity index is 2.25. The molecule has 0 spiro atoms. The Hall–Kier alpha value is -2.43. The van der Waals surface area contributed by atoms with E-state index in [0.29, 0.717) is 0 Å². The molecular formula is C14H11F2NO2. The minimum absolute atomic E-state index is 0.0280. The van der Waals surface area contributed by atoms with Gasteiger partial charge < -0.3 is 10.4 Å². The molecule has 0 aliphatic rings. The summed E-state index contributed by atoms with van der Waals surface area (Å²) in [4.78, 5) is 11.8. The lowest BCUT2D eigenvalue weighted by molar-refractivity contribution is 0.102. The SMILES string of the molecule is Cc1ccc(O)c(NC(=O)c2ccc(F)c(F)c2)c1. The molecule has 2 rings (SSSR count). The number of amides is 1. The highest BCUT2D eigenvalue weighted by Crippen LogP contribution is 2.24. The van der Waals surface area contributed by atoms with Gasteiger partial charge in [0, 0.05) is 5.56 Å². The van der Waals surface area contributed by atoms with Crippen molar-refractivity contribution in [2.24, 2.45) is 0 Å². The first kappa shape index (κ1) is 13.0. The molecule has 0 fully saturated rings. The fraction of sp³-hybridized carbons (Fsp3) is 0.0714. The quantitative estimate of drug-likeness (QED) is 0.817. The Morgan fingerprint density at radius 2 is 1.84 bits per heavy atom.